The molecule has 4 nitrogen and oxygen atoms in total. The first-order valence-electron chi connectivity index (χ1n) is 7.97. The van der Waals surface area contributed by atoms with Gasteiger partial charge in [0.05, 0.1) is 6.54 Å². The normalized spacial score (nSPS) is 23.6. The van der Waals surface area contributed by atoms with Crippen LogP contribution in [0.25, 0.3) is 0 Å². The molecule has 1 amide bonds. The molecule has 0 bridgehead atoms. The molecule has 1 saturated carbocycles. The average Bonchev–Trinajstić information content (AvgIpc) is 3.22. The van der Waals surface area contributed by atoms with Crippen LogP contribution >= 0.6 is 0 Å². The number of hydrogen-bond acceptors (Lipinski definition) is 3. The van der Waals surface area contributed by atoms with Crippen LogP contribution in [-0.2, 0) is 4.79 Å². The molecule has 2 rings (SSSR count). The molecular weight excluding hydrogens is 238 g/mol. The van der Waals surface area contributed by atoms with Gasteiger partial charge in [-0.25, -0.2) is 0 Å². The van der Waals surface area contributed by atoms with Gasteiger partial charge in [0.25, 0.3) is 0 Å². The van der Waals surface area contributed by atoms with Crippen molar-refractivity contribution in [2.45, 2.75) is 39.0 Å². The van der Waals surface area contributed by atoms with Crippen LogP contribution in [-0.4, -0.2) is 50.1 Å². The van der Waals surface area contributed by atoms with Crippen LogP contribution in [0.1, 0.15) is 39.0 Å². The predicted octanol–water partition coefficient (Wildman–Crippen LogP) is 1.22. The minimum absolute atomic E-state index is 0.212. The van der Waals surface area contributed by atoms with E-state index < -0.39 is 0 Å². The van der Waals surface area contributed by atoms with Gasteiger partial charge in [-0.2, -0.15) is 0 Å². The lowest BCUT2D eigenvalue weighted by Gasteiger charge is -2.29. The quantitative estimate of drug-likeness (QED) is 0.695. The number of carbonyl (C=O) groups excluding carboxylic acids is 1. The smallest absolute Gasteiger partial charge is 0.234 e. The average molecular weight is 267 g/mol. The van der Waals surface area contributed by atoms with E-state index in [4.69, 9.17) is 0 Å². The minimum atomic E-state index is 0.212. The van der Waals surface area contributed by atoms with Crippen molar-refractivity contribution >= 4 is 5.91 Å². The van der Waals surface area contributed by atoms with Gasteiger partial charge in [-0.15, -0.1) is 0 Å². The molecule has 1 unspecified atom stereocenters. The van der Waals surface area contributed by atoms with Crippen LogP contribution < -0.4 is 10.6 Å². The number of hydrogen-bond donors (Lipinski definition) is 2. The zero-order valence-electron chi connectivity index (χ0n) is 12.3. The van der Waals surface area contributed by atoms with Gasteiger partial charge in [-0.05, 0) is 63.6 Å². The fourth-order valence-corrected chi connectivity index (χ4v) is 2.84. The van der Waals surface area contributed by atoms with E-state index in [0.717, 1.165) is 51.0 Å². The van der Waals surface area contributed by atoms with Crippen molar-refractivity contribution in [1.29, 1.82) is 0 Å². The van der Waals surface area contributed by atoms with Gasteiger partial charge in [-0.3, -0.25) is 9.69 Å². The van der Waals surface area contributed by atoms with Gasteiger partial charge < -0.3 is 10.6 Å². The van der Waals surface area contributed by atoms with Gasteiger partial charge in [0.15, 0.2) is 0 Å². The summed E-state index contributed by atoms with van der Waals surface area (Å²) in [5.41, 5.74) is 0. The Labute approximate surface area is 117 Å². The SMILES string of the molecule is CCCN(CC(=O)NCC1CC1)CC1CCCNC1. The summed E-state index contributed by atoms with van der Waals surface area (Å²) < 4.78 is 0. The molecule has 1 saturated heterocycles. The maximum absolute atomic E-state index is 11.9. The molecule has 1 aliphatic heterocycles. The van der Waals surface area contributed by atoms with Crippen molar-refractivity contribution in [3.05, 3.63) is 0 Å². The highest BCUT2D eigenvalue weighted by molar-refractivity contribution is 5.78. The molecule has 19 heavy (non-hydrogen) atoms. The van der Waals surface area contributed by atoms with Crippen LogP contribution in [0.15, 0.2) is 0 Å². The Morgan fingerprint density at radius 2 is 2.16 bits per heavy atom. The molecule has 4 heteroatoms. The van der Waals surface area contributed by atoms with E-state index in [9.17, 15) is 4.79 Å². The molecule has 2 N–H and O–H groups in total. The van der Waals surface area contributed by atoms with Crippen molar-refractivity contribution in [3.63, 3.8) is 0 Å². The number of nitrogens with zero attached hydrogens (tertiary/aromatic N) is 1. The summed E-state index contributed by atoms with van der Waals surface area (Å²) in [6.45, 7) is 8.04. The van der Waals surface area contributed by atoms with Gasteiger partial charge in [0.1, 0.15) is 0 Å². The third-order valence-corrected chi connectivity index (χ3v) is 4.11. The van der Waals surface area contributed by atoms with Crippen LogP contribution in [0.2, 0.25) is 0 Å². The van der Waals surface area contributed by atoms with E-state index in [2.05, 4.69) is 22.5 Å². The summed E-state index contributed by atoms with van der Waals surface area (Å²) in [6, 6.07) is 0. The highest BCUT2D eigenvalue weighted by Gasteiger charge is 2.22. The van der Waals surface area contributed by atoms with Gasteiger partial charge in [-0.1, -0.05) is 6.92 Å². The third kappa shape index (κ3) is 5.91. The Morgan fingerprint density at radius 1 is 1.32 bits per heavy atom. The molecular formula is C15H29N3O. The molecule has 2 fully saturated rings. The van der Waals surface area contributed by atoms with Crippen LogP contribution in [0.4, 0.5) is 0 Å². The second-order valence-corrected chi connectivity index (χ2v) is 6.19. The lowest BCUT2D eigenvalue weighted by Crippen LogP contribution is -2.43. The first-order chi connectivity index (χ1) is 9.28. The Bertz CT molecular complexity index is 273. The topological polar surface area (TPSA) is 44.4 Å². The number of rotatable bonds is 8. The van der Waals surface area contributed by atoms with Crippen LogP contribution in [0.5, 0.6) is 0 Å². The zero-order chi connectivity index (χ0) is 13.5. The van der Waals surface area contributed by atoms with E-state index in [1.165, 1.54) is 25.7 Å². The molecule has 0 spiro atoms. The fraction of sp³-hybridized carbons (Fsp3) is 0.933. The van der Waals surface area contributed by atoms with Crippen LogP contribution in [0.3, 0.4) is 0 Å². The van der Waals surface area contributed by atoms with E-state index in [-0.39, 0.29) is 5.91 Å². The highest BCUT2D eigenvalue weighted by Crippen LogP contribution is 2.27. The molecule has 2 aliphatic rings. The van der Waals surface area contributed by atoms with Gasteiger partial charge >= 0.3 is 0 Å². The largest absolute Gasteiger partial charge is 0.355 e. The van der Waals surface area contributed by atoms with Crippen molar-refractivity contribution < 1.29 is 4.79 Å². The highest BCUT2D eigenvalue weighted by atomic mass is 16.2. The summed E-state index contributed by atoms with van der Waals surface area (Å²) in [7, 11) is 0. The number of amides is 1. The summed E-state index contributed by atoms with van der Waals surface area (Å²) in [5.74, 6) is 1.70. The van der Waals surface area contributed by atoms with E-state index in [0.29, 0.717) is 6.54 Å². The summed E-state index contributed by atoms with van der Waals surface area (Å²) in [4.78, 5) is 14.3. The minimum Gasteiger partial charge on any atom is -0.355 e. The molecule has 0 aromatic carbocycles. The number of nitrogens with one attached hydrogen (secondary N) is 2. The summed E-state index contributed by atoms with van der Waals surface area (Å²) in [6.07, 6.45) is 6.30. The predicted molar refractivity (Wildman–Crippen MR) is 78.1 cm³/mol. The van der Waals surface area contributed by atoms with E-state index >= 15 is 0 Å². The van der Waals surface area contributed by atoms with Gasteiger partial charge in [0, 0.05) is 13.1 Å². The Hall–Kier alpha value is -0.610. The molecule has 0 aromatic heterocycles. The van der Waals surface area contributed by atoms with Crippen LogP contribution in [0, 0.1) is 11.8 Å². The fourth-order valence-electron chi connectivity index (χ4n) is 2.84. The first-order valence-corrected chi connectivity index (χ1v) is 7.97. The Morgan fingerprint density at radius 3 is 2.79 bits per heavy atom. The van der Waals surface area contributed by atoms with E-state index in [1.54, 1.807) is 0 Å². The Kier molecular flexibility index (Phi) is 6.11. The maximum atomic E-state index is 11.9. The molecule has 1 heterocycles. The second kappa shape index (κ2) is 7.85. The van der Waals surface area contributed by atoms with Crippen molar-refractivity contribution in [1.82, 2.24) is 15.5 Å². The molecule has 110 valence electrons. The Balaban J connectivity index is 1.68. The first kappa shape index (κ1) is 14.8. The second-order valence-electron chi connectivity index (χ2n) is 6.19. The van der Waals surface area contributed by atoms with Crippen molar-refractivity contribution in [3.8, 4) is 0 Å². The molecule has 1 atom stereocenters. The van der Waals surface area contributed by atoms with E-state index in [1.807, 2.05) is 0 Å². The molecule has 0 aromatic rings. The summed E-state index contributed by atoms with van der Waals surface area (Å²) in [5, 5.41) is 6.53. The number of piperidine rings is 1. The summed E-state index contributed by atoms with van der Waals surface area (Å²) >= 11 is 0. The van der Waals surface area contributed by atoms with Gasteiger partial charge in [0.2, 0.25) is 5.91 Å². The van der Waals surface area contributed by atoms with Crippen molar-refractivity contribution in [2.24, 2.45) is 11.8 Å². The van der Waals surface area contributed by atoms with Crippen molar-refractivity contribution in [2.75, 3.05) is 39.3 Å². The maximum Gasteiger partial charge on any atom is 0.234 e. The molecule has 1 aliphatic carbocycles. The lowest BCUT2D eigenvalue weighted by molar-refractivity contribution is -0.122. The lowest BCUT2D eigenvalue weighted by atomic mass is 9.99. The third-order valence-electron chi connectivity index (χ3n) is 4.11. The monoisotopic (exact) mass is 267 g/mol. The number of carbonyl (C=O) groups is 1. The standard InChI is InChI=1S/C15H29N3O/c1-2-8-18(11-14-4-3-7-16-9-14)12-15(19)17-10-13-5-6-13/h13-14,16H,2-12H2,1H3,(H,17,19). The zero-order valence-corrected chi connectivity index (χ0v) is 12.3. The molecule has 0 radical (unpaired) electrons.